The highest BCUT2D eigenvalue weighted by atomic mass is 79.9. The number of aryl methyl sites for hydroxylation is 2. The number of carbonyl (C=O) groups is 4. The number of benzene rings is 3. The van der Waals surface area contributed by atoms with Crippen molar-refractivity contribution in [3.63, 3.8) is 0 Å². The van der Waals surface area contributed by atoms with Crippen molar-refractivity contribution in [3.05, 3.63) is 109 Å². The van der Waals surface area contributed by atoms with Gasteiger partial charge in [0, 0.05) is 34.1 Å². The number of rotatable bonds is 18. The van der Waals surface area contributed by atoms with Crippen LogP contribution in [0.15, 0.2) is 75.0 Å². The Morgan fingerprint density at radius 3 is 1.90 bits per heavy atom. The Labute approximate surface area is 532 Å². The fraction of sp³-hybridized carbons (Fsp3) is 0.649. The lowest BCUT2D eigenvalue weighted by Gasteiger charge is -2.34. The molecular formula is C74H115BrFN5O4S. The number of nitrogens with one attached hydrogen (secondary N) is 1. The molecule has 2 aliphatic carbocycles. The zero-order valence-electron chi connectivity index (χ0n) is 56.9. The summed E-state index contributed by atoms with van der Waals surface area (Å²) < 4.78 is 13.1. The first-order chi connectivity index (χ1) is 40.7. The third-order valence-electron chi connectivity index (χ3n) is 19.0. The number of alkyl halides is 1. The van der Waals surface area contributed by atoms with Gasteiger partial charge in [0.1, 0.15) is 11.4 Å². The molecule has 3 amide bonds. The number of Topliss-reactive ketones (excluding diaryl/α,β-unsaturated/α-hetero) is 1. The van der Waals surface area contributed by atoms with E-state index in [1.165, 1.54) is 105 Å². The first kappa shape index (κ1) is 75.8. The predicted molar refractivity (Wildman–Crippen MR) is 369 cm³/mol. The zero-order valence-corrected chi connectivity index (χ0v) is 59.3. The predicted octanol–water partition coefficient (Wildman–Crippen LogP) is 20.0. The SMILES string of the molecule is CC(=O)C1(F)CC1.CC1CCCC1.CCC.CCC(C)(C)CCN1CCC(c2ccc(C)c(C)c2)CC1.CCC(C)C(C)=NC(=O)c1c(Br)cccc1C(C)CC.CCC(CC)C(=O)N1CCCC1C(=O)NCc1ccc(C2=C(C)S2(C)C#N)cc1. The van der Waals surface area contributed by atoms with Gasteiger partial charge in [-0.3, -0.25) is 19.2 Å². The van der Waals surface area contributed by atoms with Crippen LogP contribution in [0.3, 0.4) is 0 Å². The van der Waals surface area contributed by atoms with Crippen molar-refractivity contribution >= 4 is 60.1 Å². The fourth-order valence-corrected chi connectivity index (χ4v) is 13.7. The second-order valence-corrected chi connectivity index (χ2v) is 30.1. The van der Waals surface area contributed by atoms with Gasteiger partial charge in [-0.15, -0.1) is 10.0 Å². The molecular weight excluding hydrogens is 1150 g/mol. The van der Waals surface area contributed by atoms with E-state index in [0.717, 1.165) is 77.2 Å². The molecule has 0 spiro atoms. The molecule has 4 atom stereocenters. The van der Waals surface area contributed by atoms with E-state index >= 15 is 0 Å². The summed E-state index contributed by atoms with van der Waals surface area (Å²) in [5, 5.41) is 14.8. The molecule has 12 heteroatoms. The molecule has 3 aliphatic heterocycles. The number of ketones is 1. The number of nitrogens with zero attached hydrogens (tertiary/aromatic N) is 4. The zero-order chi connectivity index (χ0) is 64.5. The van der Waals surface area contributed by atoms with E-state index in [1.807, 2.05) is 76.4 Å². The Bertz CT molecular complexity index is 2730. The summed E-state index contributed by atoms with van der Waals surface area (Å²) in [5.41, 5.74) is 8.36. The third-order valence-corrected chi connectivity index (χ3v) is 22.6. The van der Waals surface area contributed by atoms with Gasteiger partial charge in [0.2, 0.25) is 11.8 Å². The van der Waals surface area contributed by atoms with Crippen molar-refractivity contribution in [1.82, 2.24) is 15.1 Å². The first-order valence-electron chi connectivity index (χ1n) is 33.1. The third kappa shape index (κ3) is 23.2. The molecule has 3 heterocycles. The van der Waals surface area contributed by atoms with Gasteiger partial charge in [0.05, 0.1) is 5.56 Å². The van der Waals surface area contributed by atoms with Crippen LogP contribution < -0.4 is 5.32 Å². The van der Waals surface area contributed by atoms with E-state index in [0.29, 0.717) is 48.7 Å². The molecule has 5 aliphatic rings. The van der Waals surface area contributed by atoms with Gasteiger partial charge >= 0.3 is 0 Å². The Hall–Kier alpha value is -4.44. The molecule has 480 valence electrons. The van der Waals surface area contributed by atoms with Crippen molar-refractivity contribution in [2.45, 2.75) is 257 Å². The maximum absolute atomic E-state index is 12.7. The maximum Gasteiger partial charge on any atom is 0.278 e. The summed E-state index contributed by atoms with van der Waals surface area (Å²) in [7, 11) is -1.33. The number of hydrogen-bond donors (Lipinski definition) is 1. The number of amides is 3. The van der Waals surface area contributed by atoms with Gasteiger partial charge in [-0.1, -0.05) is 176 Å². The molecule has 0 aromatic heterocycles. The molecule has 2 saturated heterocycles. The van der Waals surface area contributed by atoms with Crippen LogP contribution in [0.2, 0.25) is 0 Å². The maximum atomic E-state index is 12.7. The van der Waals surface area contributed by atoms with E-state index in [4.69, 9.17) is 0 Å². The number of likely N-dealkylation sites (tertiary alicyclic amines) is 2. The van der Waals surface area contributed by atoms with Crippen LogP contribution in [0.4, 0.5) is 4.39 Å². The molecule has 86 heavy (non-hydrogen) atoms. The number of nitriles is 1. The Morgan fingerprint density at radius 2 is 1.43 bits per heavy atom. The van der Waals surface area contributed by atoms with Crippen molar-refractivity contribution in [2.24, 2.45) is 28.2 Å². The van der Waals surface area contributed by atoms with Crippen molar-refractivity contribution in [1.29, 1.82) is 5.26 Å². The van der Waals surface area contributed by atoms with Crippen molar-refractivity contribution in [3.8, 4) is 5.40 Å². The van der Waals surface area contributed by atoms with Crippen LogP contribution in [-0.2, 0) is 20.9 Å². The summed E-state index contributed by atoms with van der Waals surface area (Å²) in [5.74, 6) is 2.14. The second-order valence-electron chi connectivity index (χ2n) is 26.2. The standard InChI is InChI=1S/C23H31N3O2S.C20H33N.C17H24BrNO.C6H12.C5H7FO.C3H8/c1-5-18(6-2)23(28)26-13-7-8-20(26)22(27)25-14-17-9-11-19(12-10-17)21-16(3)29(21,4)15-24;1-6-20(4,5)11-14-21-12-9-18(10-13-21)19-8-7-16(2)17(3)15-19;1-6-11(3)13(5)19-17(20)16-14(12(4)7-2)9-8-10-15(16)18;1-6-4-2-3-5-6;1-4(7)5(6)2-3-5;1-3-2/h9-12,18,20H,5-8,13-14H2,1-4H3,(H,25,27);7-8,15,18H,6,9-14H2,1-5H3;8-12H,6-7H2,1-5H3;6H,2-5H2,1H3;2-3H2,1H3;3H2,1-2H3. The van der Waals surface area contributed by atoms with Gasteiger partial charge in [0.15, 0.2) is 11.5 Å². The normalized spacial score (nSPS) is 20.5. The van der Waals surface area contributed by atoms with E-state index < -0.39 is 15.7 Å². The molecule has 4 unspecified atom stereocenters. The largest absolute Gasteiger partial charge is 0.350 e. The second kappa shape index (κ2) is 36.9. The number of carbonyl (C=O) groups excluding carboxylic acids is 4. The summed E-state index contributed by atoms with van der Waals surface area (Å²) in [6.45, 7) is 40.9. The summed E-state index contributed by atoms with van der Waals surface area (Å²) >= 11 is 3.50. The van der Waals surface area contributed by atoms with Gasteiger partial charge in [-0.25, -0.2) is 9.38 Å². The van der Waals surface area contributed by atoms with Gasteiger partial charge in [-0.2, -0.15) is 5.26 Å². The summed E-state index contributed by atoms with van der Waals surface area (Å²) in [4.78, 5) is 59.3. The molecule has 4 fully saturated rings. The Kier molecular flexibility index (Phi) is 32.5. The quantitative estimate of drug-likeness (QED) is 0.1000. The minimum Gasteiger partial charge on any atom is -0.350 e. The molecule has 9 nitrogen and oxygen atoms in total. The molecule has 0 radical (unpaired) electrons. The number of aliphatic imine (C=N–C) groups is 1. The van der Waals surface area contributed by atoms with Crippen LogP contribution in [0.1, 0.15) is 269 Å². The van der Waals surface area contributed by atoms with Crippen LogP contribution >= 0.6 is 26.0 Å². The average Bonchev–Trinajstić information content (AvgIpc) is 1.71. The van der Waals surface area contributed by atoms with E-state index in [1.54, 1.807) is 10.5 Å². The molecule has 0 bridgehead atoms. The Morgan fingerprint density at radius 1 is 0.826 bits per heavy atom. The van der Waals surface area contributed by atoms with E-state index in [9.17, 15) is 28.8 Å². The van der Waals surface area contributed by atoms with Crippen LogP contribution in [0.5, 0.6) is 0 Å². The molecule has 2 saturated carbocycles. The molecule has 8 rings (SSSR count). The van der Waals surface area contributed by atoms with Crippen LogP contribution in [0, 0.1) is 47.7 Å². The Balaban J connectivity index is 0.000000302. The van der Waals surface area contributed by atoms with Gasteiger partial charge in [-0.05, 0) is 221 Å². The van der Waals surface area contributed by atoms with Crippen molar-refractivity contribution < 1.29 is 23.6 Å². The lowest BCUT2D eigenvalue weighted by Crippen LogP contribution is -2.47. The highest BCUT2D eigenvalue weighted by Gasteiger charge is 2.48. The molecule has 1 N–H and O–H groups in total. The van der Waals surface area contributed by atoms with Gasteiger partial charge < -0.3 is 15.1 Å². The number of allylic oxidation sites excluding steroid dienone is 1. The first-order valence-corrected chi connectivity index (χ1v) is 35.9. The number of thiocyanates is 1. The number of hydrogen-bond acceptors (Lipinski definition) is 6. The summed E-state index contributed by atoms with van der Waals surface area (Å²) in [6, 6.07) is 20.7. The van der Waals surface area contributed by atoms with Crippen LogP contribution in [-0.4, -0.2) is 83.2 Å². The van der Waals surface area contributed by atoms with Gasteiger partial charge in [0.25, 0.3) is 5.91 Å². The highest BCUT2D eigenvalue weighted by molar-refractivity contribution is 9.10. The van der Waals surface area contributed by atoms with Crippen LogP contribution in [0.25, 0.3) is 4.91 Å². The topological polar surface area (TPSA) is 123 Å². The number of halogens is 2. The smallest absolute Gasteiger partial charge is 0.278 e. The minimum atomic E-state index is -1.39. The number of piperidine rings is 1. The van der Waals surface area contributed by atoms with E-state index in [-0.39, 0.29) is 35.5 Å². The van der Waals surface area contributed by atoms with E-state index in [2.05, 4.69) is 138 Å². The average molecular weight is 1270 g/mol. The highest BCUT2D eigenvalue weighted by Crippen LogP contribution is 2.78. The fourth-order valence-electron chi connectivity index (χ4n) is 11.0. The monoisotopic (exact) mass is 1270 g/mol. The lowest BCUT2D eigenvalue weighted by molar-refractivity contribution is -0.141. The lowest BCUT2D eigenvalue weighted by atomic mass is 9.85. The molecule has 3 aromatic rings. The van der Waals surface area contributed by atoms with Crippen molar-refractivity contribution in [2.75, 3.05) is 32.4 Å². The molecule has 3 aromatic carbocycles. The minimum absolute atomic E-state index is 0.0114. The summed E-state index contributed by atoms with van der Waals surface area (Å²) in [6.07, 6.45) is 20.6.